The first kappa shape index (κ1) is 27.0. The Balaban J connectivity index is 1.50. The molecule has 36 heavy (non-hydrogen) atoms. The minimum absolute atomic E-state index is 0.0546. The summed E-state index contributed by atoms with van der Waals surface area (Å²) >= 11 is 15.9. The zero-order valence-corrected chi connectivity index (χ0v) is 23.3. The van der Waals surface area contributed by atoms with E-state index in [1.165, 1.54) is 0 Å². The van der Waals surface area contributed by atoms with E-state index in [9.17, 15) is 14.4 Å². The van der Waals surface area contributed by atoms with Crippen LogP contribution in [0.1, 0.15) is 53.6 Å². The summed E-state index contributed by atoms with van der Waals surface area (Å²) in [7, 11) is 0. The lowest BCUT2D eigenvalue weighted by Crippen LogP contribution is -2.53. The van der Waals surface area contributed by atoms with Gasteiger partial charge in [0.25, 0.3) is 5.91 Å². The van der Waals surface area contributed by atoms with Gasteiger partial charge in [-0.3, -0.25) is 14.4 Å². The van der Waals surface area contributed by atoms with Crippen molar-refractivity contribution >= 4 is 56.9 Å². The Kier molecular flexibility index (Phi) is 8.96. The molecule has 192 valence electrons. The average Bonchev–Trinajstić information content (AvgIpc) is 2.90. The molecule has 2 saturated heterocycles. The van der Waals surface area contributed by atoms with Crippen molar-refractivity contribution in [3.05, 3.63) is 69.2 Å². The molecular formula is C27H30BrCl2N3O3. The van der Waals surface area contributed by atoms with Crippen LogP contribution in [0.5, 0.6) is 0 Å². The zero-order valence-electron chi connectivity index (χ0n) is 20.2. The van der Waals surface area contributed by atoms with Crippen molar-refractivity contribution in [3.8, 4) is 0 Å². The van der Waals surface area contributed by atoms with Crippen LogP contribution in [-0.2, 0) is 14.9 Å². The van der Waals surface area contributed by atoms with E-state index < -0.39 is 0 Å². The van der Waals surface area contributed by atoms with Crippen molar-refractivity contribution in [1.82, 2.24) is 15.1 Å². The summed E-state index contributed by atoms with van der Waals surface area (Å²) in [5, 5.41) is 4.85. The van der Waals surface area contributed by atoms with Crippen molar-refractivity contribution in [2.24, 2.45) is 5.92 Å². The van der Waals surface area contributed by atoms with Crippen molar-refractivity contribution in [1.29, 1.82) is 0 Å². The van der Waals surface area contributed by atoms with E-state index in [0.717, 1.165) is 16.5 Å². The van der Waals surface area contributed by atoms with E-state index >= 15 is 0 Å². The van der Waals surface area contributed by atoms with Crippen LogP contribution in [0.4, 0.5) is 0 Å². The number of nitrogens with zero attached hydrogens (tertiary/aromatic N) is 2. The lowest BCUT2D eigenvalue weighted by molar-refractivity contribution is -0.141. The van der Waals surface area contributed by atoms with Gasteiger partial charge >= 0.3 is 0 Å². The maximum Gasteiger partial charge on any atom is 0.251 e. The number of piperidine rings is 2. The molecule has 9 heteroatoms. The van der Waals surface area contributed by atoms with Gasteiger partial charge in [0.1, 0.15) is 0 Å². The van der Waals surface area contributed by atoms with Crippen molar-refractivity contribution in [2.75, 3.05) is 26.2 Å². The number of amides is 3. The second-order valence-electron chi connectivity index (χ2n) is 9.54. The first-order valence-corrected chi connectivity index (χ1v) is 14.1. The van der Waals surface area contributed by atoms with Crippen molar-refractivity contribution in [3.63, 3.8) is 0 Å². The number of carbonyl (C=O) groups is 3. The summed E-state index contributed by atoms with van der Waals surface area (Å²) in [6.07, 6.45) is 1.99. The molecule has 6 nitrogen and oxygen atoms in total. The number of rotatable bonds is 5. The van der Waals surface area contributed by atoms with Gasteiger partial charge in [0.05, 0.1) is 10.0 Å². The normalized spacial score (nSPS) is 20.8. The molecule has 2 aliphatic heterocycles. The molecule has 2 unspecified atom stereocenters. The highest BCUT2D eigenvalue weighted by molar-refractivity contribution is 9.08. The third-order valence-corrected chi connectivity index (χ3v) is 8.66. The molecule has 2 aromatic carbocycles. The molecule has 2 aromatic rings. The van der Waals surface area contributed by atoms with Crippen molar-refractivity contribution < 1.29 is 14.4 Å². The van der Waals surface area contributed by atoms with Crippen LogP contribution >= 0.6 is 39.1 Å². The van der Waals surface area contributed by atoms with E-state index in [1.807, 2.05) is 41.3 Å². The Hall–Kier alpha value is -2.09. The van der Waals surface area contributed by atoms with E-state index in [2.05, 4.69) is 21.2 Å². The molecule has 3 amide bonds. The molecule has 0 radical (unpaired) electrons. The van der Waals surface area contributed by atoms with Crippen molar-refractivity contribution in [2.45, 2.75) is 43.5 Å². The number of carbonyl (C=O) groups excluding carboxylic acids is 3. The quantitative estimate of drug-likeness (QED) is 0.480. The van der Waals surface area contributed by atoms with Crippen LogP contribution in [0.3, 0.4) is 0 Å². The Morgan fingerprint density at radius 3 is 2.22 bits per heavy atom. The van der Waals surface area contributed by atoms with E-state index in [4.69, 9.17) is 23.2 Å². The highest BCUT2D eigenvalue weighted by atomic mass is 79.9. The summed E-state index contributed by atoms with van der Waals surface area (Å²) < 4.78 is 0. The summed E-state index contributed by atoms with van der Waals surface area (Å²) in [4.78, 5) is 41.9. The third-order valence-electron chi connectivity index (χ3n) is 7.27. The molecule has 1 N–H and O–H groups in total. The van der Waals surface area contributed by atoms with Crippen LogP contribution in [0, 0.1) is 5.92 Å². The fraction of sp³-hybridized carbons (Fsp3) is 0.444. The molecule has 0 spiro atoms. The summed E-state index contributed by atoms with van der Waals surface area (Å²) in [6, 6.07) is 12.9. The molecule has 0 aromatic heterocycles. The van der Waals surface area contributed by atoms with Crippen LogP contribution in [0.2, 0.25) is 10.0 Å². The largest absolute Gasteiger partial charge is 0.349 e. The molecular weight excluding hydrogens is 565 g/mol. The van der Waals surface area contributed by atoms with Gasteiger partial charge in [0, 0.05) is 61.9 Å². The number of halogens is 3. The van der Waals surface area contributed by atoms with Crippen LogP contribution in [0.15, 0.2) is 42.5 Å². The zero-order chi connectivity index (χ0) is 25.8. The first-order chi connectivity index (χ1) is 17.3. The van der Waals surface area contributed by atoms with Gasteiger partial charge in [-0.1, -0.05) is 57.3 Å². The van der Waals surface area contributed by atoms with Gasteiger partial charge in [-0.2, -0.15) is 0 Å². The van der Waals surface area contributed by atoms with Gasteiger partial charge in [-0.25, -0.2) is 0 Å². The lowest BCUT2D eigenvalue weighted by atomic mass is 9.84. The molecule has 4 rings (SSSR count). The van der Waals surface area contributed by atoms with Crippen LogP contribution in [0.25, 0.3) is 0 Å². The number of nitrogens with one attached hydrogen (secondary N) is 1. The standard InChI is InChI=1S/C27H30BrCl2N3O3/c1-17(34)32-11-8-20(9-12-32)27(36)33-13-10-25(22(16-33)21-6-7-23(29)24(30)14-21)31-26(35)19-4-2-18(15-28)3-5-19/h2-7,14,20,22,25H,8-13,15-16H2,1H3,(H,31,35). The fourth-order valence-corrected chi connectivity index (χ4v) is 5.78. The molecule has 0 bridgehead atoms. The SMILES string of the molecule is CC(=O)N1CCC(C(=O)N2CCC(NC(=O)c3ccc(CBr)cc3)C(c3ccc(Cl)c(Cl)c3)C2)CC1. The molecule has 2 atom stereocenters. The maximum absolute atomic E-state index is 13.4. The Morgan fingerprint density at radius 2 is 1.61 bits per heavy atom. The highest BCUT2D eigenvalue weighted by Crippen LogP contribution is 2.33. The fourth-order valence-electron chi connectivity index (χ4n) is 5.10. The van der Waals surface area contributed by atoms with Gasteiger partial charge < -0.3 is 15.1 Å². The van der Waals surface area contributed by atoms with Crippen LogP contribution < -0.4 is 5.32 Å². The predicted octanol–water partition coefficient (Wildman–Crippen LogP) is 5.26. The number of likely N-dealkylation sites (tertiary alicyclic amines) is 2. The summed E-state index contributed by atoms with van der Waals surface area (Å²) in [6.45, 7) is 3.85. The first-order valence-electron chi connectivity index (χ1n) is 12.2. The molecule has 2 heterocycles. The minimum atomic E-state index is -0.158. The highest BCUT2D eigenvalue weighted by Gasteiger charge is 2.37. The number of hydrogen-bond acceptors (Lipinski definition) is 3. The monoisotopic (exact) mass is 593 g/mol. The minimum Gasteiger partial charge on any atom is -0.349 e. The Bertz CT molecular complexity index is 1120. The summed E-state index contributed by atoms with van der Waals surface area (Å²) in [5.74, 6) is -0.172. The predicted molar refractivity (Wildman–Crippen MR) is 146 cm³/mol. The topological polar surface area (TPSA) is 69.7 Å². The van der Waals surface area contributed by atoms with Gasteiger partial charge in [-0.15, -0.1) is 0 Å². The average molecular weight is 595 g/mol. The van der Waals surface area contributed by atoms with E-state index in [0.29, 0.717) is 61.1 Å². The molecule has 0 saturated carbocycles. The van der Waals surface area contributed by atoms with Crippen LogP contribution in [-0.4, -0.2) is 59.7 Å². The second-order valence-corrected chi connectivity index (χ2v) is 10.9. The number of benzene rings is 2. The molecule has 2 aliphatic rings. The lowest BCUT2D eigenvalue weighted by Gasteiger charge is -2.41. The smallest absolute Gasteiger partial charge is 0.251 e. The Labute approximate surface area is 230 Å². The number of hydrogen-bond donors (Lipinski definition) is 1. The van der Waals surface area contributed by atoms with E-state index in [1.54, 1.807) is 17.9 Å². The summed E-state index contributed by atoms with van der Waals surface area (Å²) in [5.41, 5.74) is 2.64. The maximum atomic E-state index is 13.4. The third kappa shape index (κ3) is 6.24. The van der Waals surface area contributed by atoms with E-state index in [-0.39, 0.29) is 35.6 Å². The Morgan fingerprint density at radius 1 is 0.944 bits per heavy atom. The number of alkyl halides is 1. The van der Waals surface area contributed by atoms with Gasteiger partial charge in [0.15, 0.2) is 0 Å². The molecule has 0 aliphatic carbocycles. The second kappa shape index (κ2) is 12.0. The van der Waals surface area contributed by atoms with Gasteiger partial charge in [-0.05, 0) is 54.7 Å². The molecule has 2 fully saturated rings. The van der Waals surface area contributed by atoms with Gasteiger partial charge in [0.2, 0.25) is 11.8 Å².